The molecule has 33 heavy (non-hydrogen) atoms. The fourth-order valence-electron chi connectivity index (χ4n) is 3.84. The summed E-state index contributed by atoms with van der Waals surface area (Å²) >= 11 is 0. The van der Waals surface area contributed by atoms with Crippen LogP contribution in [0.5, 0.6) is 5.75 Å². The Kier molecular flexibility index (Phi) is 7.74. The van der Waals surface area contributed by atoms with Crippen LogP contribution in [-0.4, -0.2) is 11.1 Å². The van der Waals surface area contributed by atoms with Crippen LogP contribution in [0.3, 0.4) is 0 Å². The normalized spacial score (nSPS) is 12.4. The highest BCUT2D eigenvalue weighted by Crippen LogP contribution is 2.38. The number of benzene rings is 3. The van der Waals surface area contributed by atoms with Crippen LogP contribution in [0.4, 0.5) is 5.69 Å². The monoisotopic (exact) mass is 442 g/mol. The molecule has 0 aliphatic carbocycles. The lowest BCUT2D eigenvalue weighted by Crippen LogP contribution is -2.41. The molecule has 1 unspecified atom stereocenters. The van der Waals surface area contributed by atoms with Crippen LogP contribution in [0.25, 0.3) is 0 Å². The van der Waals surface area contributed by atoms with E-state index in [1.807, 2.05) is 36.4 Å². The molecule has 1 atom stereocenters. The third-order valence-corrected chi connectivity index (χ3v) is 5.75. The van der Waals surface area contributed by atoms with Gasteiger partial charge in [-0.3, -0.25) is 0 Å². The van der Waals surface area contributed by atoms with Crippen LogP contribution >= 0.6 is 0 Å². The number of carboxylic acids is 1. The smallest absolute Gasteiger partial charge is 0.333 e. The Balaban J connectivity index is 2.11. The molecule has 3 aromatic rings. The average Bonchev–Trinajstić information content (AvgIpc) is 2.84. The molecule has 5 heteroatoms. The van der Waals surface area contributed by atoms with Gasteiger partial charge in [-0.15, -0.1) is 0 Å². The van der Waals surface area contributed by atoms with E-state index in [2.05, 4.69) is 31.3 Å². The maximum absolute atomic E-state index is 12.7. The van der Waals surface area contributed by atoms with Crippen molar-refractivity contribution >= 4 is 11.7 Å². The second kappa shape index (κ2) is 10.7. The predicted octanol–water partition coefficient (Wildman–Crippen LogP) is 6.06. The van der Waals surface area contributed by atoms with Crippen LogP contribution in [0.2, 0.25) is 0 Å². The third kappa shape index (κ3) is 5.53. The van der Waals surface area contributed by atoms with Gasteiger partial charge in [-0.05, 0) is 66.8 Å². The molecule has 0 saturated carbocycles. The van der Waals surface area contributed by atoms with Crippen LogP contribution in [0.1, 0.15) is 55.0 Å². The van der Waals surface area contributed by atoms with Crippen LogP contribution in [-0.2, 0) is 29.8 Å². The molecule has 2 N–H and O–H groups in total. The van der Waals surface area contributed by atoms with Crippen molar-refractivity contribution in [2.45, 2.75) is 52.2 Å². The Morgan fingerprint density at radius 3 is 2.33 bits per heavy atom. The van der Waals surface area contributed by atoms with Crippen molar-refractivity contribution in [3.8, 4) is 11.8 Å². The molecule has 0 aliphatic rings. The average molecular weight is 443 g/mol. The molecule has 0 aliphatic heterocycles. The summed E-state index contributed by atoms with van der Waals surface area (Å²) in [6, 6.07) is 22.8. The van der Waals surface area contributed by atoms with E-state index in [0.717, 1.165) is 36.0 Å². The standard InChI is InChI=1S/C28H30N2O3/c1-4-9-23-16-20(5-2)17-25(26(23)33-19-22-10-7-6-8-11-22)28(3,27(31)32)30-24-14-12-21(18-29)13-15-24/h6-8,10-17,30H,4-5,9,19H2,1-3H3,(H,31,32). The van der Waals surface area contributed by atoms with Gasteiger partial charge in [0.2, 0.25) is 0 Å². The first-order valence-electron chi connectivity index (χ1n) is 11.3. The number of hydrogen-bond donors (Lipinski definition) is 2. The largest absolute Gasteiger partial charge is 0.488 e. The van der Waals surface area contributed by atoms with E-state index in [-0.39, 0.29) is 0 Å². The van der Waals surface area contributed by atoms with Crippen molar-refractivity contribution < 1.29 is 14.6 Å². The van der Waals surface area contributed by atoms with E-state index in [9.17, 15) is 9.90 Å². The summed E-state index contributed by atoms with van der Waals surface area (Å²) in [7, 11) is 0. The lowest BCUT2D eigenvalue weighted by atomic mass is 9.86. The highest BCUT2D eigenvalue weighted by atomic mass is 16.5. The lowest BCUT2D eigenvalue weighted by molar-refractivity contribution is -0.142. The molecule has 3 rings (SSSR count). The molecular formula is C28H30N2O3. The molecule has 0 saturated heterocycles. The zero-order valence-corrected chi connectivity index (χ0v) is 19.4. The van der Waals surface area contributed by atoms with Crippen molar-refractivity contribution in [3.05, 3.63) is 94.5 Å². The van der Waals surface area contributed by atoms with Gasteiger partial charge in [-0.2, -0.15) is 5.26 Å². The molecule has 0 spiro atoms. The molecule has 0 heterocycles. The molecule has 3 aromatic carbocycles. The number of aliphatic carboxylic acids is 1. The minimum absolute atomic E-state index is 0.350. The summed E-state index contributed by atoms with van der Waals surface area (Å²) in [4.78, 5) is 12.7. The Morgan fingerprint density at radius 2 is 1.76 bits per heavy atom. The molecule has 0 fully saturated rings. The zero-order chi connectivity index (χ0) is 23.8. The van der Waals surface area contributed by atoms with Crippen molar-refractivity contribution in [1.29, 1.82) is 5.26 Å². The van der Waals surface area contributed by atoms with Crippen molar-refractivity contribution in [3.63, 3.8) is 0 Å². The lowest BCUT2D eigenvalue weighted by Gasteiger charge is -2.31. The second-order valence-corrected chi connectivity index (χ2v) is 8.25. The Hall–Kier alpha value is -3.78. The van der Waals surface area contributed by atoms with E-state index >= 15 is 0 Å². The highest BCUT2D eigenvalue weighted by Gasteiger charge is 2.39. The fraction of sp³-hybridized carbons (Fsp3) is 0.286. The Labute approximate surface area is 195 Å². The van der Waals surface area contributed by atoms with Crippen LogP contribution in [0.15, 0.2) is 66.7 Å². The van der Waals surface area contributed by atoms with E-state index in [0.29, 0.717) is 29.2 Å². The van der Waals surface area contributed by atoms with Crippen molar-refractivity contribution in [2.75, 3.05) is 5.32 Å². The Bertz CT molecular complexity index is 1130. The summed E-state index contributed by atoms with van der Waals surface area (Å²) < 4.78 is 6.33. The van der Waals surface area contributed by atoms with Crippen LogP contribution < -0.4 is 10.1 Å². The maximum Gasteiger partial charge on any atom is 0.333 e. The van der Waals surface area contributed by atoms with Gasteiger partial charge in [-0.25, -0.2) is 4.79 Å². The summed E-state index contributed by atoms with van der Waals surface area (Å²) in [5.74, 6) is -0.393. The number of aryl methyl sites for hydroxylation is 2. The van der Waals surface area contributed by atoms with Gasteiger partial charge >= 0.3 is 5.97 Å². The minimum Gasteiger partial charge on any atom is -0.488 e. The summed E-state index contributed by atoms with van der Waals surface area (Å²) in [5.41, 5.74) is 3.38. The van der Waals surface area contributed by atoms with Crippen LogP contribution in [0, 0.1) is 11.3 Å². The minimum atomic E-state index is -1.44. The molecule has 170 valence electrons. The van der Waals surface area contributed by atoms with Gasteiger partial charge < -0.3 is 15.2 Å². The number of nitrogens with one attached hydrogen (secondary N) is 1. The first kappa shape index (κ1) is 23.9. The summed E-state index contributed by atoms with van der Waals surface area (Å²) in [6.45, 7) is 6.17. The number of nitrogens with zero attached hydrogens (tertiary/aromatic N) is 1. The number of ether oxygens (including phenoxy) is 1. The van der Waals surface area contributed by atoms with Gasteiger partial charge in [0.1, 0.15) is 12.4 Å². The van der Waals surface area contributed by atoms with Gasteiger partial charge in [0.25, 0.3) is 0 Å². The molecule has 0 radical (unpaired) electrons. The number of carbonyl (C=O) groups is 1. The van der Waals surface area contributed by atoms with Crippen molar-refractivity contribution in [1.82, 2.24) is 0 Å². The fourth-order valence-corrected chi connectivity index (χ4v) is 3.84. The van der Waals surface area contributed by atoms with Gasteiger partial charge in [-0.1, -0.05) is 56.7 Å². The van der Waals surface area contributed by atoms with Gasteiger partial charge in [0.15, 0.2) is 5.54 Å². The van der Waals surface area contributed by atoms with E-state index in [1.54, 1.807) is 31.2 Å². The predicted molar refractivity (Wildman–Crippen MR) is 130 cm³/mol. The zero-order valence-electron chi connectivity index (χ0n) is 19.4. The topological polar surface area (TPSA) is 82.4 Å². The molecule has 0 aromatic heterocycles. The van der Waals surface area contributed by atoms with E-state index in [4.69, 9.17) is 10.00 Å². The van der Waals surface area contributed by atoms with Crippen molar-refractivity contribution in [2.24, 2.45) is 0 Å². The SMILES string of the molecule is CCCc1cc(CC)cc(C(C)(Nc2ccc(C#N)cc2)C(=O)O)c1OCc1ccccc1. The first-order chi connectivity index (χ1) is 15.9. The quantitative estimate of drug-likeness (QED) is 0.398. The molecule has 0 bridgehead atoms. The number of anilines is 1. The molecule has 5 nitrogen and oxygen atoms in total. The number of carboxylic acid groups (broad SMARTS) is 1. The summed E-state index contributed by atoms with van der Waals surface area (Å²) in [6.07, 6.45) is 2.49. The number of rotatable bonds is 10. The van der Waals surface area contributed by atoms with E-state index < -0.39 is 11.5 Å². The third-order valence-electron chi connectivity index (χ3n) is 5.75. The maximum atomic E-state index is 12.7. The van der Waals surface area contributed by atoms with Gasteiger partial charge in [0, 0.05) is 11.3 Å². The highest BCUT2D eigenvalue weighted by molar-refractivity contribution is 5.85. The second-order valence-electron chi connectivity index (χ2n) is 8.25. The van der Waals surface area contributed by atoms with E-state index in [1.165, 1.54) is 0 Å². The number of nitriles is 1. The molecule has 0 amide bonds. The molecular weight excluding hydrogens is 412 g/mol. The Morgan fingerprint density at radius 1 is 1.06 bits per heavy atom. The number of hydrogen-bond acceptors (Lipinski definition) is 4. The van der Waals surface area contributed by atoms with Gasteiger partial charge in [0.05, 0.1) is 11.6 Å². The first-order valence-corrected chi connectivity index (χ1v) is 11.3. The summed E-state index contributed by atoms with van der Waals surface area (Å²) in [5, 5.41) is 22.6.